The smallest absolute Gasteiger partial charge is 0.399 e. The van der Waals surface area contributed by atoms with E-state index in [4.69, 9.17) is 22.9 Å². The van der Waals surface area contributed by atoms with Gasteiger partial charge in [-0.15, -0.1) is 0 Å². The van der Waals surface area contributed by atoms with Gasteiger partial charge in [-0.25, -0.2) is 0 Å². The summed E-state index contributed by atoms with van der Waals surface area (Å²) in [5.41, 5.74) is -3.80. The van der Waals surface area contributed by atoms with E-state index in [1.54, 1.807) is 6.92 Å². The summed E-state index contributed by atoms with van der Waals surface area (Å²) >= 11 is 0. The molecule has 10 heteroatoms. The Morgan fingerprint density at radius 2 is 1.39 bits per heavy atom. The largest absolute Gasteiger partial charge is 0.405 e. The average Bonchev–Trinajstić information content (AvgIpc) is 3.29. The molecule has 38 heavy (non-hydrogen) atoms. The minimum Gasteiger partial charge on any atom is -0.405 e. The molecule has 0 aromatic heterocycles. The molecule has 0 saturated carbocycles. The molecule has 0 aliphatic carbocycles. The second-order valence-electron chi connectivity index (χ2n) is 10.3. The van der Waals surface area contributed by atoms with Gasteiger partial charge >= 0.3 is 13.3 Å². The molecule has 6 nitrogen and oxygen atoms in total. The van der Waals surface area contributed by atoms with E-state index in [1.807, 2.05) is 60.7 Å². The van der Waals surface area contributed by atoms with E-state index in [0.717, 1.165) is 10.4 Å². The first kappa shape index (κ1) is 31.1. The van der Waals surface area contributed by atoms with Crippen molar-refractivity contribution in [2.45, 2.75) is 71.1 Å². The first-order valence-electron chi connectivity index (χ1n) is 13.3. The van der Waals surface area contributed by atoms with Crippen molar-refractivity contribution < 1.29 is 36.3 Å². The molecule has 2 aromatic carbocycles. The molecule has 0 amide bonds. The lowest BCUT2D eigenvalue weighted by Crippen LogP contribution is -2.67. The number of alkyl halides is 2. The SMILES string of the molecule is CCOC1C[C@H](C(F)(F)P(=O)(OCC)OCC)[C@@H](CO[Si](c2ccccc2)(c2ccccc2)C(C)(C)C)O1. The van der Waals surface area contributed by atoms with E-state index in [0.29, 0.717) is 6.61 Å². The molecule has 1 unspecified atom stereocenters. The maximum atomic E-state index is 16.0. The zero-order valence-corrected chi connectivity index (χ0v) is 25.1. The van der Waals surface area contributed by atoms with Crippen molar-refractivity contribution in [2.75, 3.05) is 26.4 Å². The van der Waals surface area contributed by atoms with Gasteiger partial charge in [0.1, 0.15) is 0 Å². The normalized spacial score (nSPS) is 21.1. The molecule has 3 atom stereocenters. The summed E-state index contributed by atoms with van der Waals surface area (Å²) in [5.74, 6) is -1.49. The highest BCUT2D eigenvalue weighted by molar-refractivity contribution is 7.55. The van der Waals surface area contributed by atoms with Crippen molar-refractivity contribution in [2.24, 2.45) is 5.92 Å². The molecule has 3 rings (SSSR count). The van der Waals surface area contributed by atoms with Gasteiger partial charge in [0, 0.05) is 13.0 Å². The standard InChI is InChI=1S/C28H41F2O6PSi/c1-7-32-26-20-24(28(29,30)37(31,33-8-2)34-9-3)25(36-26)21-35-38(27(4,5)6,22-16-12-10-13-17-22)23-18-14-11-15-19-23/h10-19,24-26H,7-9,20-21H2,1-6H3/t24-,25+,26?/m0/s1. The van der Waals surface area contributed by atoms with Gasteiger partial charge in [0.2, 0.25) is 0 Å². The second-order valence-corrected chi connectivity index (χ2v) is 16.7. The van der Waals surface area contributed by atoms with Crippen molar-refractivity contribution >= 4 is 26.3 Å². The first-order valence-corrected chi connectivity index (χ1v) is 16.7. The van der Waals surface area contributed by atoms with Crippen molar-refractivity contribution in [3.05, 3.63) is 60.7 Å². The van der Waals surface area contributed by atoms with Gasteiger partial charge in [0.25, 0.3) is 8.32 Å². The van der Waals surface area contributed by atoms with Crippen LogP contribution in [0.5, 0.6) is 0 Å². The topological polar surface area (TPSA) is 63.2 Å². The third-order valence-electron chi connectivity index (χ3n) is 6.86. The molecule has 0 N–H and O–H groups in total. The lowest BCUT2D eigenvalue weighted by molar-refractivity contribution is -0.141. The minimum absolute atomic E-state index is 0.130. The van der Waals surface area contributed by atoms with Crippen molar-refractivity contribution in [1.82, 2.24) is 0 Å². The van der Waals surface area contributed by atoms with E-state index in [-0.39, 0.29) is 31.3 Å². The molecule has 212 valence electrons. The minimum atomic E-state index is -4.78. The Bertz CT molecular complexity index is 1000. The quantitative estimate of drug-likeness (QED) is 0.211. The zero-order valence-electron chi connectivity index (χ0n) is 23.2. The summed E-state index contributed by atoms with van der Waals surface area (Å²) in [7, 11) is -7.80. The maximum absolute atomic E-state index is 16.0. The summed E-state index contributed by atoms with van der Waals surface area (Å²) in [4.78, 5) is 0. The maximum Gasteiger partial charge on any atom is 0.399 e. The monoisotopic (exact) mass is 570 g/mol. The molecule has 0 bridgehead atoms. The Labute approximate surface area is 226 Å². The number of benzene rings is 2. The molecule has 1 aliphatic rings. The van der Waals surface area contributed by atoms with Crippen LogP contribution in [-0.2, 0) is 27.5 Å². The molecule has 1 saturated heterocycles. The highest BCUT2D eigenvalue weighted by atomic mass is 31.2. The third kappa shape index (κ3) is 6.14. The van der Waals surface area contributed by atoms with Crippen LogP contribution in [-0.4, -0.2) is 52.8 Å². The highest BCUT2D eigenvalue weighted by Crippen LogP contribution is 2.67. The van der Waals surface area contributed by atoms with Gasteiger partial charge in [-0.05, 0) is 36.2 Å². The van der Waals surface area contributed by atoms with Crippen LogP contribution in [0.2, 0.25) is 5.04 Å². The molecular formula is C28H41F2O6PSi. The molecule has 0 radical (unpaired) electrons. The molecule has 1 heterocycles. The fraction of sp³-hybridized carbons (Fsp3) is 0.571. The molecule has 1 fully saturated rings. The number of ether oxygens (including phenoxy) is 2. The number of rotatable bonds is 13. The van der Waals surface area contributed by atoms with E-state index in [9.17, 15) is 4.57 Å². The van der Waals surface area contributed by atoms with Crippen molar-refractivity contribution in [1.29, 1.82) is 0 Å². The van der Waals surface area contributed by atoms with Crippen LogP contribution in [0.15, 0.2) is 60.7 Å². The van der Waals surface area contributed by atoms with Gasteiger partial charge in [0.05, 0.1) is 31.8 Å². The van der Waals surface area contributed by atoms with Crippen LogP contribution in [0, 0.1) is 5.92 Å². The summed E-state index contributed by atoms with van der Waals surface area (Å²) in [6.45, 7) is 11.0. The predicted octanol–water partition coefficient (Wildman–Crippen LogP) is 6.19. The Kier molecular flexibility index (Phi) is 10.5. The van der Waals surface area contributed by atoms with Crippen LogP contribution >= 0.6 is 7.60 Å². The van der Waals surface area contributed by atoms with Crippen LogP contribution in [0.3, 0.4) is 0 Å². The summed E-state index contributed by atoms with van der Waals surface area (Å²) in [5, 5.41) is 1.70. The Hall–Kier alpha value is -1.45. The summed E-state index contributed by atoms with van der Waals surface area (Å²) in [6.07, 6.45) is -2.11. The Morgan fingerprint density at radius 1 is 0.895 bits per heavy atom. The third-order valence-corrected chi connectivity index (χ3v) is 14.1. The highest BCUT2D eigenvalue weighted by Gasteiger charge is 2.64. The fourth-order valence-corrected chi connectivity index (χ4v) is 11.6. The van der Waals surface area contributed by atoms with Gasteiger partial charge in [-0.2, -0.15) is 8.78 Å². The fourth-order valence-electron chi connectivity index (χ4n) is 5.24. The summed E-state index contributed by atoms with van der Waals surface area (Å²) in [6, 6.07) is 19.9. The molecule has 2 aromatic rings. The second kappa shape index (κ2) is 12.8. The molecule has 1 aliphatic heterocycles. The van der Waals surface area contributed by atoms with Gasteiger partial charge in [-0.3, -0.25) is 4.57 Å². The Balaban J connectivity index is 2.05. The predicted molar refractivity (Wildman–Crippen MR) is 148 cm³/mol. The zero-order chi connectivity index (χ0) is 28.0. The van der Waals surface area contributed by atoms with E-state index < -0.39 is 39.9 Å². The lowest BCUT2D eigenvalue weighted by Gasteiger charge is -2.44. The van der Waals surface area contributed by atoms with Gasteiger partial charge in [-0.1, -0.05) is 81.4 Å². The number of hydrogen-bond acceptors (Lipinski definition) is 6. The van der Waals surface area contributed by atoms with Crippen LogP contribution < -0.4 is 10.4 Å². The van der Waals surface area contributed by atoms with E-state index in [1.165, 1.54) is 13.8 Å². The summed E-state index contributed by atoms with van der Waals surface area (Å²) < 4.78 is 74.0. The van der Waals surface area contributed by atoms with Crippen LogP contribution in [0.4, 0.5) is 8.78 Å². The first-order chi connectivity index (χ1) is 18.0. The van der Waals surface area contributed by atoms with Gasteiger partial charge in [0.15, 0.2) is 6.29 Å². The van der Waals surface area contributed by atoms with E-state index >= 15 is 8.78 Å². The van der Waals surface area contributed by atoms with Gasteiger partial charge < -0.3 is 22.9 Å². The molecular weight excluding hydrogens is 529 g/mol. The Morgan fingerprint density at radius 3 is 1.82 bits per heavy atom. The van der Waals surface area contributed by atoms with Crippen molar-refractivity contribution in [3.63, 3.8) is 0 Å². The van der Waals surface area contributed by atoms with Crippen molar-refractivity contribution in [3.8, 4) is 0 Å². The molecule has 0 spiro atoms. The number of hydrogen-bond donors (Lipinski definition) is 0. The van der Waals surface area contributed by atoms with Crippen LogP contribution in [0.1, 0.15) is 48.0 Å². The van der Waals surface area contributed by atoms with E-state index in [2.05, 4.69) is 20.8 Å². The lowest BCUT2D eigenvalue weighted by atomic mass is 10.0. The number of halogens is 2. The average molecular weight is 571 g/mol. The van der Waals surface area contributed by atoms with Crippen LogP contribution in [0.25, 0.3) is 0 Å².